The van der Waals surface area contributed by atoms with Crippen molar-refractivity contribution >= 4 is 11.7 Å². The van der Waals surface area contributed by atoms with Gasteiger partial charge in [-0.1, -0.05) is 29.3 Å². The van der Waals surface area contributed by atoms with Crippen molar-refractivity contribution in [3.8, 4) is 0 Å². The third-order valence-corrected chi connectivity index (χ3v) is 3.41. The van der Waals surface area contributed by atoms with Gasteiger partial charge in [-0.2, -0.15) is 0 Å². The van der Waals surface area contributed by atoms with E-state index in [9.17, 15) is 4.79 Å². The summed E-state index contributed by atoms with van der Waals surface area (Å²) in [7, 11) is 1.39. The average Bonchev–Trinajstić information content (AvgIpc) is 2.44. The van der Waals surface area contributed by atoms with Crippen LogP contribution >= 0.6 is 0 Å². The van der Waals surface area contributed by atoms with Crippen molar-refractivity contribution in [1.29, 1.82) is 0 Å². The number of rotatable bonds is 4. The Bertz CT molecular complexity index is 642. The molecular formula is C18H21NO2. The predicted molar refractivity (Wildman–Crippen MR) is 85.8 cm³/mol. The molecule has 0 amide bonds. The summed E-state index contributed by atoms with van der Waals surface area (Å²) in [4.78, 5) is 11.5. The molecule has 0 spiro atoms. The number of aryl methyl sites for hydroxylation is 3. The first-order valence-corrected chi connectivity index (χ1v) is 6.99. The molecule has 0 heterocycles. The quantitative estimate of drug-likeness (QED) is 0.862. The highest BCUT2D eigenvalue weighted by Gasteiger charge is 2.07. The molecule has 3 heteroatoms. The number of hydrogen-bond acceptors (Lipinski definition) is 3. The molecule has 0 aliphatic rings. The molecule has 21 heavy (non-hydrogen) atoms. The molecular weight excluding hydrogens is 262 g/mol. The topological polar surface area (TPSA) is 38.3 Å². The van der Waals surface area contributed by atoms with Crippen LogP contribution in [0.15, 0.2) is 36.4 Å². The summed E-state index contributed by atoms with van der Waals surface area (Å²) in [6.07, 6.45) is 0. The molecule has 0 atom stereocenters. The maximum atomic E-state index is 11.5. The summed E-state index contributed by atoms with van der Waals surface area (Å²) >= 11 is 0. The first-order valence-electron chi connectivity index (χ1n) is 6.99. The molecule has 2 aromatic rings. The van der Waals surface area contributed by atoms with E-state index < -0.39 is 0 Å². The van der Waals surface area contributed by atoms with Crippen molar-refractivity contribution in [3.05, 3.63) is 64.2 Å². The number of nitrogens with one attached hydrogen (secondary N) is 1. The Morgan fingerprint density at radius 2 is 1.71 bits per heavy atom. The minimum absolute atomic E-state index is 0.307. The van der Waals surface area contributed by atoms with Gasteiger partial charge in [-0.05, 0) is 50.1 Å². The molecule has 0 unspecified atom stereocenters. The molecule has 0 aliphatic carbocycles. The zero-order valence-electron chi connectivity index (χ0n) is 13.0. The number of carbonyl (C=O) groups is 1. The second kappa shape index (κ2) is 6.44. The fraction of sp³-hybridized carbons (Fsp3) is 0.278. The molecule has 1 N–H and O–H groups in total. The molecule has 0 aromatic heterocycles. The number of esters is 1. The van der Waals surface area contributed by atoms with Gasteiger partial charge in [0.25, 0.3) is 0 Å². The molecule has 0 saturated carbocycles. The van der Waals surface area contributed by atoms with Gasteiger partial charge in [0.1, 0.15) is 0 Å². The number of anilines is 1. The Hall–Kier alpha value is -2.29. The molecule has 2 aromatic carbocycles. The van der Waals surface area contributed by atoms with Crippen LogP contribution in [-0.2, 0) is 11.3 Å². The Balaban J connectivity index is 2.11. The summed E-state index contributed by atoms with van der Waals surface area (Å²) in [6, 6.07) is 12.1. The smallest absolute Gasteiger partial charge is 0.337 e. The van der Waals surface area contributed by atoms with E-state index in [1.54, 1.807) is 6.07 Å². The molecule has 0 radical (unpaired) electrons. The third kappa shape index (κ3) is 3.85. The van der Waals surface area contributed by atoms with Crippen LogP contribution in [0.5, 0.6) is 0 Å². The summed E-state index contributed by atoms with van der Waals surface area (Å²) in [5.74, 6) is -0.307. The van der Waals surface area contributed by atoms with E-state index in [2.05, 4.69) is 37.4 Å². The van der Waals surface area contributed by atoms with Crippen LogP contribution in [0.2, 0.25) is 0 Å². The van der Waals surface area contributed by atoms with E-state index in [0.29, 0.717) is 5.56 Å². The van der Waals surface area contributed by atoms with E-state index in [1.165, 1.54) is 23.8 Å². The minimum Gasteiger partial charge on any atom is -0.465 e. The lowest BCUT2D eigenvalue weighted by Crippen LogP contribution is -2.05. The van der Waals surface area contributed by atoms with E-state index in [-0.39, 0.29) is 5.97 Å². The maximum Gasteiger partial charge on any atom is 0.337 e. The van der Waals surface area contributed by atoms with Gasteiger partial charge in [-0.3, -0.25) is 0 Å². The summed E-state index contributed by atoms with van der Waals surface area (Å²) in [5, 5.41) is 3.42. The van der Waals surface area contributed by atoms with Gasteiger partial charge in [0.2, 0.25) is 0 Å². The first-order chi connectivity index (χ1) is 9.99. The Kier molecular flexibility index (Phi) is 4.63. The molecule has 0 aliphatic heterocycles. The monoisotopic (exact) mass is 283 g/mol. The zero-order chi connectivity index (χ0) is 15.4. The standard InChI is InChI=1S/C18H21NO2/c1-12-7-13(2)9-15(8-12)11-19-17-6-5-16(10-14(17)3)18(20)21-4/h5-10,19H,11H2,1-4H3. The van der Waals surface area contributed by atoms with Crippen LogP contribution in [-0.4, -0.2) is 13.1 Å². The fourth-order valence-electron chi connectivity index (χ4n) is 2.48. The van der Waals surface area contributed by atoms with Crippen molar-refractivity contribution in [3.63, 3.8) is 0 Å². The fourth-order valence-corrected chi connectivity index (χ4v) is 2.48. The summed E-state index contributed by atoms with van der Waals surface area (Å²) in [6.45, 7) is 6.96. The van der Waals surface area contributed by atoms with Gasteiger partial charge in [-0.15, -0.1) is 0 Å². The summed E-state index contributed by atoms with van der Waals surface area (Å²) < 4.78 is 4.73. The lowest BCUT2D eigenvalue weighted by atomic mass is 10.1. The highest BCUT2D eigenvalue weighted by Crippen LogP contribution is 2.18. The van der Waals surface area contributed by atoms with Gasteiger partial charge >= 0.3 is 5.97 Å². The van der Waals surface area contributed by atoms with Crippen LogP contribution in [0.1, 0.15) is 32.6 Å². The lowest BCUT2D eigenvalue weighted by molar-refractivity contribution is 0.0600. The summed E-state index contributed by atoms with van der Waals surface area (Å²) in [5.41, 5.74) is 6.43. The van der Waals surface area contributed by atoms with Crippen molar-refractivity contribution in [2.24, 2.45) is 0 Å². The van der Waals surface area contributed by atoms with Gasteiger partial charge < -0.3 is 10.1 Å². The molecule has 110 valence electrons. The molecule has 0 bridgehead atoms. The maximum absolute atomic E-state index is 11.5. The number of carbonyl (C=O) groups excluding carboxylic acids is 1. The molecule has 0 fully saturated rings. The van der Waals surface area contributed by atoms with Crippen LogP contribution in [0, 0.1) is 20.8 Å². The Morgan fingerprint density at radius 3 is 2.29 bits per heavy atom. The van der Waals surface area contributed by atoms with E-state index in [0.717, 1.165) is 17.8 Å². The normalized spacial score (nSPS) is 10.3. The SMILES string of the molecule is COC(=O)c1ccc(NCc2cc(C)cc(C)c2)c(C)c1. The van der Waals surface area contributed by atoms with E-state index in [4.69, 9.17) is 4.74 Å². The number of methoxy groups -OCH3 is 1. The lowest BCUT2D eigenvalue weighted by Gasteiger charge is -2.12. The Morgan fingerprint density at radius 1 is 1.05 bits per heavy atom. The van der Waals surface area contributed by atoms with E-state index in [1.807, 2.05) is 19.1 Å². The second-order valence-corrected chi connectivity index (χ2v) is 5.37. The third-order valence-electron chi connectivity index (χ3n) is 3.41. The Labute approximate surface area is 126 Å². The van der Waals surface area contributed by atoms with Gasteiger partial charge in [0, 0.05) is 12.2 Å². The highest BCUT2D eigenvalue weighted by molar-refractivity contribution is 5.90. The number of benzene rings is 2. The zero-order valence-corrected chi connectivity index (χ0v) is 13.0. The average molecular weight is 283 g/mol. The van der Waals surface area contributed by atoms with Crippen LogP contribution in [0.25, 0.3) is 0 Å². The second-order valence-electron chi connectivity index (χ2n) is 5.37. The van der Waals surface area contributed by atoms with Crippen molar-refractivity contribution < 1.29 is 9.53 Å². The van der Waals surface area contributed by atoms with Crippen molar-refractivity contribution in [2.75, 3.05) is 12.4 Å². The minimum atomic E-state index is -0.307. The molecule has 0 saturated heterocycles. The van der Waals surface area contributed by atoms with E-state index >= 15 is 0 Å². The van der Waals surface area contributed by atoms with Crippen LogP contribution in [0.3, 0.4) is 0 Å². The van der Waals surface area contributed by atoms with Crippen LogP contribution in [0.4, 0.5) is 5.69 Å². The first kappa shape index (κ1) is 15.1. The molecule has 3 nitrogen and oxygen atoms in total. The highest BCUT2D eigenvalue weighted by atomic mass is 16.5. The number of ether oxygens (including phenoxy) is 1. The predicted octanol–water partition coefficient (Wildman–Crippen LogP) is 4.01. The van der Waals surface area contributed by atoms with Crippen molar-refractivity contribution in [1.82, 2.24) is 0 Å². The number of hydrogen-bond donors (Lipinski definition) is 1. The largest absolute Gasteiger partial charge is 0.465 e. The van der Waals surface area contributed by atoms with Gasteiger partial charge in [0.05, 0.1) is 12.7 Å². The van der Waals surface area contributed by atoms with Crippen molar-refractivity contribution in [2.45, 2.75) is 27.3 Å². The molecule has 2 rings (SSSR count). The van der Waals surface area contributed by atoms with Gasteiger partial charge in [0.15, 0.2) is 0 Å². The van der Waals surface area contributed by atoms with Crippen LogP contribution < -0.4 is 5.32 Å². The van der Waals surface area contributed by atoms with Gasteiger partial charge in [-0.25, -0.2) is 4.79 Å².